The number of aliphatic carboxylic acids is 1. The third-order valence-corrected chi connectivity index (χ3v) is 7.17. The summed E-state index contributed by atoms with van der Waals surface area (Å²) in [6.45, 7) is 4.83. The van der Waals surface area contributed by atoms with E-state index in [-0.39, 0.29) is 18.0 Å². The van der Waals surface area contributed by atoms with E-state index in [0.717, 1.165) is 57.8 Å². The summed E-state index contributed by atoms with van der Waals surface area (Å²) in [5.41, 5.74) is 5.44. The van der Waals surface area contributed by atoms with Gasteiger partial charge in [-0.15, -0.1) is 0 Å². The predicted octanol–water partition coefficient (Wildman–Crippen LogP) is 7.44. The summed E-state index contributed by atoms with van der Waals surface area (Å²) in [5.74, 6) is -1.32. The summed E-state index contributed by atoms with van der Waals surface area (Å²) < 4.78 is 5.84. The van der Waals surface area contributed by atoms with E-state index >= 15 is 0 Å². The molecular weight excluding hydrogens is 480 g/mol. The minimum atomic E-state index is -1.02. The lowest BCUT2D eigenvalue weighted by Gasteiger charge is -2.18. The number of hydrogen-bond acceptors (Lipinski definition) is 5. The molecule has 0 aliphatic rings. The number of rotatable bonds is 28. The second-order valence-electron chi connectivity index (χ2n) is 10.9. The lowest BCUT2D eigenvalue weighted by molar-refractivity contribution is -0.150. The topological polar surface area (TPSA) is 119 Å². The van der Waals surface area contributed by atoms with Gasteiger partial charge in [-0.25, -0.2) is 4.79 Å². The first-order valence-electron chi connectivity index (χ1n) is 15.9. The van der Waals surface area contributed by atoms with Crippen molar-refractivity contribution in [2.24, 2.45) is 5.73 Å². The molecule has 0 spiro atoms. The van der Waals surface area contributed by atoms with Crippen molar-refractivity contribution in [3.63, 3.8) is 0 Å². The minimum absolute atomic E-state index is 0.0387. The summed E-state index contributed by atoms with van der Waals surface area (Å²) in [6, 6.07) is -0.867. The second-order valence-corrected chi connectivity index (χ2v) is 10.9. The normalized spacial score (nSPS) is 12.7. The fraction of sp³-hybridized carbons (Fsp3) is 0.903. The van der Waals surface area contributed by atoms with Crippen LogP contribution in [0.1, 0.15) is 162 Å². The van der Waals surface area contributed by atoms with Crippen LogP contribution >= 0.6 is 0 Å². The van der Waals surface area contributed by atoms with Crippen molar-refractivity contribution in [3.05, 3.63) is 0 Å². The Morgan fingerprint density at radius 2 is 1.13 bits per heavy atom. The molecule has 0 bridgehead atoms. The average molecular weight is 541 g/mol. The highest BCUT2D eigenvalue weighted by Crippen LogP contribution is 2.17. The summed E-state index contributed by atoms with van der Waals surface area (Å²) >= 11 is 0. The van der Waals surface area contributed by atoms with E-state index in [1.807, 2.05) is 0 Å². The van der Waals surface area contributed by atoms with Crippen LogP contribution in [-0.2, 0) is 19.1 Å². The van der Waals surface area contributed by atoms with E-state index in [2.05, 4.69) is 19.2 Å². The molecule has 38 heavy (non-hydrogen) atoms. The molecule has 224 valence electrons. The molecule has 0 saturated heterocycles. The molecule has 0 aromatic carbocycles. The van der Waals surface area contributed by atoms with Crippen LogP contribution in [0.5, 0.6) is 0 Å². The Balaban J connectivity index is 4.07. The van der Waals surface area contributed by atoms with Crippen molar-refractivity contribution in [1.82, 2.24) is 5.32 Å². The van der Waals surface area contributed by atoms with Gasteiger partial charge in [0.05, 0.1) is 0 Å². The van der Waals surface area contributed by atoms with Crippen LogP contribution in [0.15, 0.2) is 0 Å². The van der Waals surface area contributed by atoms with Crippen molar-refractivity contribution in [1.29, 1.82) is 0 Å². The van der Waals surface area contributed by atoms with Gasteiger partial charge in [0.15, 0.2) is 0 Å². The van der Waals surface area contributed by atoms with E-state index < -0.39 is 12.0 Å². The number of carboxylic acid groups (broad SMARTS) is 1. The van der Waals surface area contributed by atoms with Crippen molar-refractivity contribution in [2.45, 2.75) is 174 Å². The molecule has 0 fully saturated rings. The molecule has 0 saturated carbocycles. The van der Waals surface area contributed by atoms with E-state index in [1.165, 1.54) is 57.8 Å². The Bertz CT molecular complexity index is 585. The molecule has 0 heterocycles. The number of nitrogens with two attached hydrogens (primary N) is 1. The number of hydrogen-bond donors (Lipinski definition) is 3. The molecule has 1 amide bonds. The van der Waals surface area contributed by atoms with Gasteiger partial charge in [-0.05, 0) is 57.9 Å². The highest BCUT2D eigenvalue weighted by molar-refractivity contribution is 5.83. The first-order chi connectivity index (χ1) is 18.4. The number of carboxylic acids is 1. The molecule has 7 heteroatoms. The van der Waals surface area contributed by atoms with Crippen molar-refractivity contribution >= 4 is 17.8 Å². The Hall–Kier alpha value is -1.63. The number of nitrogens with one attached hydrogen (secondary N) is 1. The van der Waals surface area contributed by atoms with Crippen LogP contribution in [0.4, 0.5) is 0 Å². The molecule has 7 nitrogen and oxygen atoms in total. The number of amides is 1. The van der Waals surface area contributed by atoms with Gasteiger partial charge >= 0.3 is 11.9 Å². The summed E-state index contributed by atoms with van der Waals surface area (Å²) in [7, 11) is 0. The zero-order valence-electron chi connectivity index (χ0n) is 24.8. The number of unbranched alkanes of at least 4 members (excludes halogenated alkanes) is 14. The lowest BCUT2D eigenvalue weighted by atomic mass is 10.0. The quantitative estimate of drug-likeness (QED) is 0.0701. The van der Waals surface area contributed by atoms with Gasteiger partial charge in [-0.1, -0.05) is 97.3 Å². The fourth-order valence-corrected chi connectivity index (χ4v) is 4.74. The molecule has 0 aliphatic heterocycles. The van der Waals surface area contributed by atoms with Crippen molar-refractivity contribution < 1.29 is 24.2 Å². The van der Waals surface area contributed by atoms with Gasteiger partial charge in [0.25, 0.3) is 0 Å². The third kappa shape index (κ3) is 23.5. The predicted molar refractivity (Wildman–Crippen MR) is 156 cm³/mol. The third-order valence-electron chi connectivity index (χ3n) is 7.17. The fourth-order valence-electron chi connectivity index (χ4n) is 4.74. The SMILES string of the molecule is CCCCCCCCCCCCCC(=O)OC(CCCCC)CCCCCC(=O)NC(CCCN)C(=O)O. The van der Waals surface area contributed by atoms with Gasteiger partial charge in [0, 0.05) is 12.8 Å². The van der Waals surface area contributed by atoms with Crippen molar-refractivity contribution in [2.75, 3.05) is 6.54 Å². The molecular formula is C31H60N2O5. The van der Waals surface area contributed by atoms with Gasteiger partial charge in [-0.2, -0.15) is 0 Å². The Morgan fingerprint density at radius 3 is 1.68 bits per heavy atom. The van der Waals surface area contributed by atoms with Crippen LogP contribution < -0.4 is 11.1 Å². The molecule has 4 N–H and O–H groups in total. The smallest absolute Gasteiger partial charge is 0.326 e. The van der Waals surface area contributed by atoms with Crippen LogP contribution in [0.3, 0.4) is 0 Å². The molecule has 2 unspecified atom stereocenters. The van der Waals surface area contributed by atoms with Gasteiger partial charge in [0.1, 0.15) is 12.1 Å². The summed E-state index contributed by atoms with van der Waals surface area (Å²) in [5, 5.41) is 11.8. The van der Waals surface area contributed by atoms with Crippen molar-refractivity contribution in [3.8, 4) is 0 Å². The van der Waals surface area contributed by atoms with Crippen LogP contribution in [0.2, 0.25) is 0 Å². The van der Waals surface area contributed by atoms with Gasteiger partial charge < -0.3 is 20.9 Å². The molecule has 0 rings (SSSR count). The minimum Gasteiger partial charge on any atom is -0.480 e. The van der Waals surface area contributed by atoms with Gasteiger partial charge in [-0.3, -0.25) is 9.59 Å². The Kier molecular flexibility index (Phi) is 25.8. The number of carbonyl (C=O) groups excluding carboxylic acids is 2. The highest BCUT2D eigenvalue weighted by atomic mass is 16.5. The van der Waals surface area contributed by atoms with Crippen LogP contribution in [0, 0.1) is 0 Å². The van der Waals surface area contributed by atoms with E-state index in [0.29, 0.717) is 38.6 Å². The standard InChI is InChI=1S/C31H60N2O5/c1-3-5-7-8-9-10-11-12-13-14-19-25-30(35)38-27(21-16-6-4-2)22-17-15-18-24-29(34)33-28(31(36)37)23-20-26-32/h27-28H,3-26,32H2,1-2H3,(H,33,34)(H,36,37). The van der Waals surface area contributed by atoms with E-state index in [9.17, 15) is 19.5 Å². The first kappa shape index (κ1) is 36.4. The maximum Gasteiger partial charge on any atom is 0.326 e. The lowest BCUT2D eigenvalue weighted by Crippen LogP contribution is -2.40. The maximum absolute atomic E-state index is 12.4. The van der Waals surface area contributed by atoms with E-state index in [4.69, 9.17) is 10.5 Å². The molecule has 2 atom stereocenters. The zero-order valence-corrected chi connectivity index (χ0v) is 24.8. The molecule has 0 aromatic heterocycles. The average Bonchev–Trinajstić information content (AvgIpc) is 2.89. The Labute approximate surface area is 233 Å². The maximum atomic E-state index is 12.4. The molecule has 0 aliphatic carbocycles. The van der Waals surface area contributed by atoms with Gasteiger partial charge in [0.2, 0.25) is 5.91 Å². The first-order valence-corrected chi connectivity index (χ1v) is 15.9. The van der Waals surface area contributed by atoms with E-state index in [1.54, 1.807) is 0 Å². The molecule has 0 aromatic rings. The monoisotopic (exact) mass is 540 g/mol. The largest absolute Gasteiger partial charge is 0.480 e. The summed E-state index contributed by atoms with van der Waals surface area (Å²) in [6.07, 6.45) is 23.1. The number of ether oxygens (including phenoxy) is 1. The number of esters is 1. The van der Waals surface area contributed by atoms with Crippen LogP contribution in [-0.4, -0.2) is 41.6 Å². The van der Waals surface area contributed by atoms with Crippen LogP contribution in [0.25, 0.3) is 0 Å². The Morgan fingerprint density at radius 1 is 0.658 bits per heavy atom. The summed E-state index contributed by atoms with van der Waals surface area (Å²) in [4.78, 5) is 35.8. The number of carbonyl (C=O) groups is 3. The molecule has 0 radical (unpaired) electrons. The zero-order chi connectivity index (χ0) is 28.3. The second kappa shape index (κ2) is 27.0. The highest BCUT2D eigenvalue weighted by Gasteiger charge is 2.19.